The monoisotopic (exact) mass is 236 g/mol. The van der Waals surface area contributed by atoms with Crippen LogP contribution in [0.15, 0.2) is 24.5 Å². The molecule has 0 atom stereocenters. The molecule has 2 aromatic rings. The molecule has 2 rings (SSSR count). The Hall–Kier alpha value is -1.62. The highest BCUT2D eigenvalue weighted by atomic mass is 32.1. The molecule has 0 aliphatic carbocycles. The van der Waals surface area contributed by atoms with E-state index in [2.05, 4.69) is 12.0 Å². The molecule has 0 N–H and O–H groups in total. The molecule has 0 saturated heterocycles. The maximum absolute atomic E-state index is 10.5. The Morgan fingerprint density at radius 1 is 1.56 bits per heavy atom. The summed E-state index contributed by atoms with van der Waals surface area (Å²) in [5.41, 5.74) is 0. The molecular formula is C11H12N2O2S. The van der Waals surface area contributed by atoms with Gasteiger partial charge in [-0.1, -0.05) is 18.3 Å². The van der Waals surface area contributed by atoms with Crippen LogP contribution >= 0.6 is 11.3 Å². The number of aryl methyl sites for hydroxylation is 1. The molecule has 0 fully saturated rings. The Kier molecular flexibility index (Phi) is 3.36. The molecule has 0 amide bonds. The zero-order valence-corrected chi connectivity index (χ0v) is 9.74. The third-order valence-corrected chi connectivity index (χ3v) is 2.89. The smallest absolute Gasteiger partial charge is 0.181 e. The summed E-state index contributed by atoms with van der Waals surface area (Å²) in [5, 5.41) is 4.86. The predicted octanol–water partition coefficient (Wildman–Crippen LogP) is 2.96. The van der Waals surface area contributed by atoms with Gasteiger partial charge in [-0.25, -0.2) is 0 Å². The van der Waals surface area contributed by atoms with Crippen molar-refractivity contribution < 1.29 is 9.53 Å². The van der Waals surface area contributed by atoms with E-state index >= 15 is 0 Å². The zero-order valence-electron chi connectivity index (χ0n) is 8.92. The lowest BCUT2D eigenvalue weighted by molar-refractivity contribution is 0.112. The fourth-order valence-electron chi connectivity index (χ4n) is 1.32. The van der Waals surface area contributed by atoms with Gasteiger partial charge in [-0.15, -0.1) is 0 Å². The molecule has 0 unspecified atom stereocenters. The van der Waals surface area contributed by atoms with E-state index in [1.807, 2.05) is 10.9 Å². The number of aldehydes is 1. The Bertz CT molecular complexity index is 476. The van der Waals surface area contributed by atoms with E-state index < -0.39 is 0 Å². The van der Waals surface area contributed by atoms with E-state index in [4.69, 9.17) is 4.74 Å². The number of ether oxygens (including phenoxy) is 1. The summed E-state index contributed by atoms with van der Waals surface area (Å²) >= 11 is 1.32. The van der Waals surface area contributed by atoms with Crippen molar-refractivity contribution in [3.8, 4) is 10.8 Å². The van der Waals surface area contributed by atoms with Crippen molar-refractivity contribution in [3.63, 3.8) is 0 Å². The number of hydrogen-bond donors (Lipinski definition) is 0. The van der Waals surface area contributed by atoms with Crippen LogP contribution in [0.2, 0.25) is 0 Å². The first-order valence-electron chi connectivity index (χ1n) is 5.07. The number of thiophene rings is 1. The molecule has 0 radical (unpaired) electrons. The number of aromatic nitrogens is 2. The van der Waals surface area contributed by atoms with Crippen molar-refractivity contribution in [3.05, 3.63) is 29.4 Å². The summed E-state index contributed by atoms with van der Waals surface area (Å²) in [6.07, 6.45) is 5.38. The molecule has 84 valence electrons. The van der Waals surface area contributed by atoms with Crippen LogP contribution in [0.4, 0.5) is 0 Å². The quantitative estimate of drug-likeness (QED) is 0.750. The Morgan fingerprint density at radius 3 is 3.12 bits per heavy atom. The number of nitrogens with zero attached hydrogens (tertiary/aromatic N) is 2. The van der Waals surface area contributed by atoms with Gasteiger partial charge in [0.15, 0.2) is 17.1 Å². The van der Waals surface area contributed by atoms with E-state index in [9.17, 15) is 4.79 Å². The van der Waals surface area contributed by atoms with Crippen molar-refractivity contribution in [1.82, 2.24) is 9.78 Å². The standard InChI is InChI=1S/C11H12N2O2S/c1-2-5-13-7-9(6-12-13)15-11-4-3-10(8-14)16-11/h3-4,6-8H,2,5H2,1H3. The molecular weight excluding hydrogens is 224 g/mol. The van der Waals surface area contributed by atoms with Crippen molar-refractivity contribution in [1.29, 1.82) is 0 Å². The summed E-state index contributed by atoms with van der Waals surface area (Å²) < 4.78 is 7.40. The maximum atomic E-state index is 10.5. The van der Waals surface area contributed by atoms with Gasteiger partial charge in [-0.3, -0.25) is 9.48 Å². The molecule has 5 heteroatoms. The van der Waals surface area contributed by atoms with Gasteiger partial charge in [0, 0.05) is 6.54 Å². The Balaban J connectivity index is 2.05. The summed E-state index contributed by atoms with van der Waals surface area (Å²) in [6.45, 7) is 2.98. The molecule has 2 heterocycles. The second-order valence-corrected chi connectivity index (χ2v) is 4.39. The normalized spacial score (nSPS) is 10.3. The van der Waals surface area contributed by atoms with Crippen LogP contribution < -0.4 is 4.74 Å². The third kappa shape index (κ3) is 2.49. The van der Waals surface area contributed by atoms with Crippen LogP contribution in [-0.4, -0.2) is 16.1 Å². The Labute approximate surface area is 97.5 Å². The average molecular weight is 236 g/mol. The third-order valence-electron chi connectivity index (χ3n) is 2.00. The highest BCUT2D eigenvalue weighted by Gasteiger charge is 2.03. The van der Waals surface area contributed by atoms with Gasteiger partial charge >= 0.3 is 0 Å². The number of carbonyl (C=O) groups excluding carboxylic acids is 1. The van der Waals surface area contributed by atoms with Gasteiger partial charge in [0.25, 0.3) is 0 Å². The van der Waals surface area contributed by atoms with Gasteiger partial charge in [-0.2, -0.15) is 5.10 Å². The van der Waals surface area contributed by atoms with E-state index in [-0.39, 0.29) is 0 Å². The number of carbonyl (C=O) groups is 1. The first-order valence-corrected chi connectivity index (χ1v) is 5.89. The molecule has 0 bridgehead atoms. The lowest BCUT2D eigenvalue weighted by atomic mass is 10.5. The predicted molar refractivity (Wildman–Crippen MR) is 62.3 cm³/mol. The molecule has 0 saturated carbocycles. The zero-order chi connectivity index (χ0) is 11.4. The second kappa shape index (κ2) is 4.94. The maximum Gasteiger partial charge on any atom is 0.181 e. The lowest BCUT2D eigenvalue weighted by Gasteiger charge is -1.97. The van der Waals surface area contributed by atoms with Crippen molar-refractivity contribution in [2.45, 2.75) is 19.9 Å². The molecule has 2 aromatic heterocycles. The van der Waals surface area contributed by atoms with E-state index in [1.54, 1.807) is 18.3 Å². The molecule has 16 heavy (non-hydrogen) atoms. The number of hydrogen-bond acceptors (Lipinski definition) is 4. The SMILES string of the molecule is CCCn1cc(Oc2ccc(C=O)s2)cn1. The van der Waals surface area contributed by atoms with E-state index in [0.29, 0.717) is 15.7 Å². The van der Waals surface area contributed by atoms with Crippen LogP contribution in [-0.2, 0) is 6.54 Å². The molecule has 0 aromatic carbocycles. The number of rotatable bonds is 5. The highest BCUT2D eigenvalue weighted by Crippen LogP contribution is 2.28. The second-order valence-electron chi connectivity index (χ2n) is 3.32. The van der Waals surface area contributed by atoms with Gasteiger partial charge in [-0.05, 0) is 18.6 Å². The topological polar surface area (TPSA) is 44.1 Å². The lowest BCUT2D eigenvalue weighted by Crippen LogP contribution is -1.95. The first-order chi connectivity index (χ1) is 7.81. The fourth-order valence-corrected chi connectivity index (χ4v) is 2.01. The molecule has 0 aliphatic heterocycles. The van der Waals surface area contributed by atoms with Crippen molar-refractivity contribution in [2.75, 3.05) is 0 Å². The summed E-state index contributed by atoms with van der Waals surface area (Å²) in [4.78, 5) is 11.2. The summed E-state index contributed by atoms with van der Waals surface area (Å²) in [7, 11) is 0. The Morgan fingerprint density at radius 2 is 2.44 bits per heavy atom. The molecule has 0 spiro atoms. The molecule has 4 nitrogen and oxygen atoms in total. The van der Waals surface area contributed by atoms with E-state index in [1.165, 1.54) is 11.3 Å². The molecule has 0 aliphatic rings. The van der Waals surface area contributed by atoms with Crippen LogP contribution in [0, 0.1) is 0 Å². The average Bonchev–Trinajstić information content (AvgIpc) is 2.89. The van der Waals surface area contributed by atoms with Crippen LogP contribution in [0.5, 0.6) is 10.8 Å². The van der Waals surface area contributed by atoms with E-state index in [0.717, 1.165) is 19.3 Å². The van der Waals surface area contributed by atoms with Gasteiger partial charge in [0.2, 0.25) is 0 Å². The van der Waals surface area contributed by atoms with Crippen LogP contribution in [0.3, 0.4) is 0 Å². The minimum atomic E-state index is 0.663. The summed E-state index contributed by atoms with van der Waals surface area (Å²) in [6, 6.07) is 3.52. The minimum absolute atomic E-state index is 0.663. The summed E-state index contributed by atoms with van der Waals surface area (Å²) in [5.74, 6) is 0.702. The minimum Gasteiger partial charge on any atom is -0.443 e. The largest absolute Gasteiger partial charge is 0.443 e. The van der Waals surface area contributed by atoms with Crippen molar-refractivity contribution >= 4 is 17.6 Å². The fraction of sp³-hybridized carbons (Fsp3) is 0.273. The highest BCUT2D eigenvalue weighted by molar-refractivity contribution is 7.15. The van der Waals surface area contributed by atoms with Crippen LogP contribution in [0.25, 0.3) is 0 Å². The van der Waals surface area contributed by atoms with Gasteiger partial charge in [0.05, 0.1) is 17.3 Å². The van der Waals surface area contributed by atoms with Crippen LogP contribution in [0.1, 0.15) is 23.0 Å². The first kappa shape index (κ1) is 10.9. The van der Waals surface area contributed by atoms with Gasteiger partial charge < -0.3 is 4.74 Å². The van der Waals surface area contributed by atoms with Gasteiger partial charge in [0.1, 0.15) is 0 Å². The van der Waals surface area contributed by atoms with Crippen molar-refractivity contribution in [2.24, 2.45) is 0 Å².